The van der Waals surface area contributed by atoms with Crippen molar-refractivity contribution in [3.05, 3.63) is 23.0 Å². The first kappa shape index (κ1) is 15.3. The molecular formula is C12H18ClN3O3S. The number of aromatic nitrogens is 1. The third kappa shape index (κ3) is 3.16. The minimum atomic E-state index is -3.61. The molecule has 1 aliphatic heterocycles. The summed E-state index contributed by atoms with van der Waals surface area (Å²) in [6, 6.07) is 1.61. The molecule has 112 valence electrons. The Morgan fingerprint density at radius 3 is 2.85 bits per heavy atom. The van der Waals surface area contributed by atoms with E-state index in [1.807, 2.05) is 6.92 Å². The Balaban J connectivity index is 2.20. The summed E-state index contributed by atoms with van der Waals surface area (Å²) in [5.41, 5.74) is 0.479. The van der Waals surface area contributed by atoms with Gasteiger partial charge in [-0.2, -0.15) is 0 Å². The SMILES string of the molecule is CCn1cc(Cl)cc1C(=O)N1CCCC(S(N)(=O)=O)C1. The number of piperidine rings is 1. The number of rotatable bonds is 3. The van der Waals surface area contributed by atoms with Crippen LogP contribution in [0.15, 0.2) is 12.3 Å². The number of carbonyl (C=O) groups excluding carboxylic acids is 1. The lowest BCUT2D eigenvalue weighted by Crippen LogP contribution is -2.47. The predicted octanol–water partition coefficient (Wildman–Crippen LogP) is 1.05. The van der Waals surface area contributed by atoms with E-state index >= 15 is 0 Å². The zero-order valence-corrected chi connectivity index (χ0v) is 12.8. The van der Waals surface area contributed by atoms with Crippen molar-refractivity contribution >= 4 is 27.5 Å². The topological polar surface area (TPSA) is 85.4 Å². The Kier molecular flexibility index (Phi) is 4.41. The molecule has 1 aromatic heterocycles. The van der Waals surface area contributed by atoms with Crippen LogP contribution in [0.25, 0.3) is 0 Å². The Bertz CT molecular complexity index is 611. The van der Waals surface area contributed by atoms with Crippen LogP contribution >= 0.6 is 11.6 Å². The first-order valence-electron chi connectivity index (χ1n) is 6.49. The summed E-state index contributed by atoms with van der Waals surface area (Å²) in [5, 5.41) is 5.00. The summed E-state index contributed by atoms with van der Waals surface area (Å²) in [6.07, 6.45) is 2.82. The predicted molar refractivity (Wildman–Crippen MR) is 77.1 cm³/mol. The molecule has 0 aromatic carbocycles. The highest BCUT2D eigenvalue weighted by Crippen LogP contribution is 2.20. The van der Waals surface area contributed by atoms with Crippen LogP contribution in [0.3, 0.4) is 0 Å². The summed E-state index contributed by atoms with van der Waals surface area (Å²) < 4.78 is 24.6. The van der Waals surface area contributed by atoms with E-state index in [0.29, 0.717) is 36.6 Å². The van der Waals surface area contributed by atoms with Crippen molar-refractivity contribution in [2.45, 2.75) is 31.6 Å². The van der Waals surface area contributed by atoms with Crippen molar-refractivity contribution in [1.29, 1.82) is 0 Å². The van der Waals surface area contributed by atoms with Gasteiger partial charge in [0.1, 0.15) is 5.69 Å². The van der Waals surface area contributed by atoms with E-state index in [9.17, 15) is 13.2 Å². The second-order valence-corrected chi connectivity index (χ2v) is 7.22. The molecule has 0 spiro atoms. The summed E-state index contributed by atoms with van der Waals surface area (Å²) in [7, 11) is -3.61. The van der Waals surface area contributed by atoms with E-state index in [2.05, 4.69) is 0 Å². The van der Waals surface area contributed by atoms with Gasteiger partial charge in [0.2, 0.25) is 10.0 Å². The molecule has 1 fully saturated rings. The number of nitrogens with zero attached hydrogens (tertiary/aromatic N) is 2. The molecule has 0 aliphatic carbocycles. The van der Waals surface area contributed by atoms with Crippen molar-refractivity contribution in [1.82, 2.24) is 9.47 Å². The van der Waals surface area contributed by atoms with E-state index in [1.54, 1.807) is 16.8 Å². The molecule has 2 rings (SSSR count). The quantitative estimate of drug-likeness (QED) is 0.903. The van der Waals surface area contributed by atoms with Crippen LogP contribution < -0.4 is 5.14 Å². The summed E-state index contributed by atoms with van der Waals surface area (Å²) in [5.74, 6) is -0.202. The molecule has 2 N–H and O–H groups in total. The summed E-state index contributed by atoms with van der Waals surface area (Å²) >= 11 is 5.92. The zero-order chi connectivity index (χ0) is 14.9. The molecule has 8 heteroatoms. The van der Waals surface area contributed by atoms with Gasteiger partial charge in [0.15, 0.2) is 0 Å². The zero-order valence-electron chi connectivity index (χ0n) is 11.3. The van der Waals surface area contributed by atoms with Crippen molar-refractivity contribution in [3.63, 3.8) is 0 Å². The van der Waals surface area contributed by atoms with Crippen LogP contribution in [-0.2, 0) is 16.6 Å². The molecule has 0 radical (unpaired) electrons. The van der Waals surface area contributed by atoms with Gasteiger partial charge in [0.25, 0.3) is 5.91 Å². The third-order valence-electron chi connectivity index (χ3n) is 3.55. The fourth-order valence-electron chi connectivity index (χ4n) is 2.47. The minimum Gasteiger partial charge on any atom is -0.342 e. The summed E-state index contributed by atoms with van der Waals surface area (Å²) in [4.78, 5) is 14.0. The van der Waals surface area contributed by atoms with E-state index in [-0.39, 0.29) is 12.5 Å². The largest absolute Gasteiger partial charge is 0.342 e. The van der Waals surface area contributed by atoms with E-state index in [1.165, 1.54) is 4.90 Å². The Morgan fingerprint density at radius 2 is 2.25 bits per heavy atom. The number of aryl methyl sites for hydroxylation is 1. The number of likely N-dealkylation sites (tertiary alicyclic amines) is 1. The van der Waals surface area contributed by atoms with Gasteiger partial charge in [-0.15, -0.1) is 0 Å². The van der Waals surface area contributed by atoms with Crippen molar-refractivity contribution in [3.8, 4) is 0 Å². The fourth-order valence-corrected chi connectivity index (χ4v) is 3.57. The molecule has 1 unspecified atom stereocenters. The van der Waals surface area contributed by atoms with Gasteiger partial charge in [-0.3, -0.25) is 4.79 Å². The van der Waals surface area contributed by atoms with E-state index < -0.39 is 15.3 Å². The lowest BCUT2D eigenvalue weighted by atomic mass is 10.1. The number of halogens is 1. The number of hydrogen-bond donors (Lipinski definition) is 1. The number of primary sulfonamides is 1. The Hall–Kier alpha value is -1.05. The van der Waals surface area contributed by atoms with Gasteiger partial charge in [0, 0.05) is 25.8 Å². The van der Waals surface area contributed by atoms with Crippen molar-refractivity contribution in [2.24, 2.45) is 5.14 Å². The third-order valence-corrected chi connectivity index (χ3v) is 5.07. The molecule has 6 nitrogen and oxygen atoms in total. The molecule has 1 aromatic rings. The van der Waals surface area contributed by atoms with Crippen LogP contribution in [0.1, 0.15) is 30.3 Å². The number of nitrogens with two attached hydrogens (primary N) is 1. The number of hydrogen-bond acceptors (Lipinski definition) is 3. The first-order chi connectivity index (χ1) is 9.32. The molecule has 0 bridgehead atoms. The Labute approximate surface area is 123 Å². The van der Waals surface area contributed by atoms with Crippen molar-refractivity contribution in [2.75, 3.05) is 13.1 Å². The second kappa shape index (κ2) is 5.75. The molecule has 20 heavy (non-hydrogen) atoms. The second-order valence-electron chi connectivity index (χ2n) is 4.93. The van der Waals surface area contributed by atoms with Crippen LogP contribution in [0.4, 0.5) is 0 Å². The van der Waals surface area contributed by atoms with Crippen molar-refractivity contribution < 1.29 is 13.2 Å². The molecule has 1 aliphatic rings. The van der Waals surface area contributed by atoms with Gasteiger partial charge in [0.05, 0.1) is 10.3 Å². The molecule has 1 amide bonds. The fraction of sp³-hybridized carbons (Fsp3) is 0.583. The lowest BCUT2D eigenvalue weighted by molar-refractivity contribution is 0.0716. The Morgan fingerprint density at radius 1 is 1.55 bits per heavy atom. The van der Waals surface area contributed by atoms with Gasteiger partial charge in [-0.25, -0.2) is 13.6 Å². The molecular weight excluding hydrogens is 302 g/mol. The van der Waals surface area contributed by atoms with E-state index in [0.717, 1.165) is 0 Å². The van der Waals surface area contributed by atoms with Crippen LogP contribution in [0.2, 0.25) is 5.02 Å². The first-order valence-corrected chi connectivity index (χ1v) is 8.48. The molecule has 2 heterocycles. The number of carbonyl (C=O) groups is 1. The number of amides is 1. The van der Waals surface area contributed by atoms with Gasteiger partial charge >= 0.3 is 0 Å². The highest BCUT2D eigenvalue weighted by Gasteiger charge is 2.31. The van der Waals surface area contributed by atoms with Crippen LogP contribution in [0, 0.1) is 0 Å². The standard InChI is InChI=1S/C12H18ClN3O3S/c1-2-15-7-9(13)6-11(15)12(17)16-5-3-4-10(8-16)20(14,18)19/h6-7,10H,2-5,8H2,1H3,(H2,14,18,19). The molecule has 1 atom stereocenters. The normalized spacial score (nSPS) is 20.1. The monoisotopic (exact) mass is 319 g/mol. The number of sulfonamides is 1. The molecule has 0 saturated carbocycles. The summed E-state index contributed by atoms with van der Waals surface area (Å²) in [6.45, 7) is 3.22. The van der Waals surface area contributed by atoms with E-state index in [4.69, 9.17) is 16.7 Å². The van der Waals surface area contributed by atoms with Crippen LogP contribution in [-0.4, -0.2) is 42.1 Å². The highest BCUT2D eigenvalue weighted by molar-refractivity contribution is 7.89. The maximum atomic E-state index is 12.5. The van der Waals surface area contributed by atoms with Gasteiger partial charge in [-0.1, -0.05) is 11.6 Å². The lowest BCUT2D eigenvalue weighted by Gasteiger charge is -2.31. The van der Waals surface area contributed by atoms with Crippen LogP contribution in [0.5, 0.6) is 0 Å². The van der Waals surface area contributed by atoms with Gasteiger partial charge in [-0.05, 0) is 25.8 Å². The highest BCUT2D eigenvalue weighted by atomic mass is 35.5. The smallest absolute Gasteiger partial charge is 0.270 e. The molecule has 1 saturated heterocycles. The average Bonchev–Trinajstić information content (AvgIpc) is 2.78. The average molecular weight is 320 g/mol. The minimum absolute atomic E-state index is 0.143. The van der Waals surface area contributed by atoms with Gasteiger partial charge < -0.3 is 9.47 Å². The maximum absolute atomic E-state index is 12.5. The maximum Gasteiger partial charge on any atom is 0.270 e.